The van der Waals surface area contributed by atoms with Gasteiger partial charge in [0.15, 0.2) is 0 Å². The summed E-state index contributed by atoms with van der Waals surface area (Å²) in [5.41, 5.74) is 2.90. The third-order valence-electron chi connectivity index (χ3n) is 5.76. The largest absolute Gasteiger partial charge is 0.329 e. The lowest BCUT2D eigenvalue weighted by atomic mass is 9.82. The van der Waals surface area contributed by atoms with Crippen LogP contribution in [0.4, 0.5) is 4.79 Å². The van der Waals surface area contributed by atoms with E-state index in [1.54, 1.807) is 0 Å². The van der Waals surface area contributed by atoms with E-state index in [9.17, 15) is 4.79 Å². The molecule has 130 valence electrons. The van der Waals surface area contributed by atoms with Crippen LogP contribution in [-0.2, 0) is 5.54 Å². The van der Waals surface area contributed by atoms with Crippen LogP contribution < -0.4 is 5.32 Å². The Hall–Kier alpha value is -1.77. The molecule has 2 aliphatic rings. The van der Waals surface area contributed by atoms with Crippen LogP contribution in [0.15, 0.2) is 30.8 Å². The molecule has 1 N–H and O–H groups in total. The summed E-state index contributed by atoms with van der Waals surface area (Å²) in [6.07, 6.45) is 5.24. The molecule has 1 aliphatic heterocycles. The van der Waals surface area contributed by atoms with Crippen molar-refractivity contribution in [3.05, 3.63) is 42.0 Å². The fourth-order valence-corrected chi connectivity index (χ4v) is 4.16. The highest BCUT2D eigenvalue weighted by Crippen LogP contribution is 2.36. The maximum atomic E-state index is 12.8. The van der Waals surface area contributed by atoms with E-state index < -0.39 is 5.54 Å². The molecule has 0 spiro atoms. The molecule has 1 saturated carbocycles. The van der Waals surface area contributed by atoms with Gasteiger partial charge >= 0.3 is 6.03 Å². The number of nitrogens with one attached hydrogen (secondary N) is 1. The van der Waals surface area contributed by atoms with Gasteiger partial charge in [-0.3, -0.25) is 0 Å². The minimum atomic E-state index is -0.393. The zero-order valence-electron chi connectivity index (χ0n) is 15.3. The smallest absolute Gasteiger partial charge is 0.318 e. The van der Waals surface area contributed by atoms with Gasteiger partial charge in [0, 0.05) is 13.1 Å². The van der Waals surface area contributed by atoms with E-state index >= 15 is 0 Å². The lowest BCUT2D eigenvalue weighted by Gasteiger charge is -2.30. The maximum absolute atomic E-state index is 12.8. The first-order valence-corrected chi connectivity index (χ1v) is 9.20. The summed E-state index contributed by atoms with van der Waals surface area (Å²) in [6, 6.07) is 8.39. The van der Waals surface area contributed by atoms with E-state index in [2.05, 4.69) is 43.9 Å². The Morgan fingerprint density at radius 2 is 1.83 bits per heavy atom. The molecular formula is C21H30N2O. The molecule has 1 aliphatic carbocycles. The molecule has 1 aromatic carbocycles. The number of allylic oxidation sites excluding steroid dienone is 1. The Bertz CT molecular complexity index is 620. The normalized spacial score (nSPS) is 23.7. The van der Waals surface area contributed by atoms with Crippen LogP contribution >= 0.6 is 0 Å². The number of hydrogen-bond acceptors (Lipinski definition) is 1. The highest BCUT2D eigenvalue weighted by molar-refractivity contribution is 5.76. The number of carbonyl (C=O) groups excluding carboxylic acids is 1. The van der Waals surface area contributed by atoms with Crippen LogP contribution in [0, 0.1) is 11.8 Å². The third kappa shape index (κ3) is 3.50. The number of nitrogens with zero attached hydrogens (tertiary/aromatic N) is 1. The minimum Gasteiger partial charge on any atom is -0.329 e. The molecule has 2 fully saturated rings. The van der Waals surface area contributed by atoms with Crippen molar-refractivity contribution in [3.63, 3.8) is 0 Å². The second-order valence-corrected chi connectivity index (χ2v) is 8.13. The van der Waals surface area contributed by atoms with Gasteiger partial charge < -0.3 is 10.2 Å². The van der Waals surface area contributed by atoms with Gasteiger partial charge in [0.25, 0.3) is 0 Å². The molecular weight excluding hydrogens is 296 g/mol. The summed E-state index contributed by atoms with van der Waals surface area (Å²) in [4.78, 5) is 14.8. The molecule has 3 heteroatoms. The molecule has 0 aromatic heterocycles. The minimum absolute atomic E-state index is 0.0788. The number of amides is 2. The summed E-state index contributed by atoms with van der Waals surface area (Å²) in [5.74, 6) is 1.44. The van der Waals surface area contributed by atoms with Crippen molar-refractivity contribution in [2.24, 2.45) is 11.8 Å². The molecule has 3 rings (SSSR count). The van der Waals surface area contributed by atoms with Crippen molar-refractivity contribution >= 4 is 11.6 Å². The first-order chi connectivity index (χ1) is 11.4. The molecule has 24 heavy (non-hydrogen) atoms. The van der Waals surface area contributed by atoms with Gasteiger partial charge in [-0.25, -0.2) is 4.79 Å². The van der Waals surface area contributed by atoms with Gasteiger partial charge in [0.2, 0.25) is 0 Å². The average molecular weight is 326 g/mol. The topological polar surface area (TPSA) is 32.3 Å². The summed E-state index contributed by atoms with van der Waals surface area (Å²) in [7, 11) is 0. The van der Waals surface area contributed by atoms with Gasteiger partial charge in [-0.05, 0) is 62.6 Å². The van der Waals surface area contributed by atoms with Crippen LogP contribution in [0.25, 0.3) is 5.57 Å². The van der Waals surface area contributed by atoms with Crippen LogP contribution in [0.1, 0.15) is 57.6 Å². The third-order valence-corrected chi connectivity index (χ3v) is 5.76. The van der Waals surface area contributed by atoms with Gasteiger partial charge in [-0.15, -0.1) is 0 Å². The number of carbonyl (C=O) groups is 1. The quantitative estimate of drug-likeness (QED) is 0.851. The Morgan fingerprint density at radius 3 is 2.42 bits per heavy atom. The number of likely N-dealkylation sites (tertiary alicyclic amines) is 1. The first-order valence-electron chi connectivity index (χ1n) is 9.20. The first kappa shape index (κ1) is 17.1. The lowest BCUT2D eigenvalue weighted by Crippen LogP contribution is -2.47. The van der Waals surface area contributed by atoms with Crippen molar-refractivity contribution in [2.45, 2.75) is 52.0 Å². The number of hydrogen-bond donors (Lipinski definition) is 1. The predicted molar refractivity (Wildman–Crippen MR) is 99.7 cm³/mol. The number of rotatable bonds is 3. The highest BCUT2D eigenvalue weighted by Gasteiger charge is 2.37. The second-order valence-electron chi connectivity index (χ2n) is 8.13. The lowest BCUT2D eigenvalue weighted by molar-refractivity contribution is 0.195. The van der Waals surface area contributed by atoms with E-state index in [0.29, 0.717) is 0 Å². The molecule has 0 radical (unpaired) electrons. The molecule has 1 heterocycles. The van der Waals surface area contributed by atoms with Gasteiger partial charge in [-0.2, -0.15) is 0 Å². The monoisotopic (exact) mass is 326 g/mol. The van der Waals surface area contributed by atoms with E-state index in [1.165, 1.54) is 25.7 Å². The number of benzene rings is 1. The molecule has 0 bridgehead atoms. The van der Waals surface area contributed by atoms with Crippen LogP contribution in [-0.4, -0.2) is 24.0 Å². The summed E-state index contributed by atoms with van der Waals surface area (Å²) in [5, 5.41) is 3.25. The average Bonchev–Trinajstić information content (AvgIpc) is 2.99. The highest BCUT2D eigenvalue weighted by atomic mass is 16.2. The molecule has 2 atom stereocenters. The van der Waals surface area contributed by atoms with Gasteiger partial charge in [0.05, 0.1) is 5.54 Å². The van der Waals surface area contributed by atoms with E-state index in [1.807, 2.05) is 17.9 Å². The Balaban J connectivity index is 1.69. The van der Waals surface area contributed by atoms with Crippen LogP contribution in [0.5, 0.6) is 0 Å². The Kier molecular flexibility index (Phi) is 4.71. The summed E-state index contributed by atoms with van der Waals surface area (Å²) >= 11 is 0. The second kappa shape index (κ2) is 6.62. The molecule has 1 aromatic rings. The number of urea groups is 1. The Labute approximate surface area is 146 Å². The number of fused-ring (bicyclic) bond motifs is 1. The Morgan fingerprint density at radius 1 is 1.21 bits per heavy atom. The summed E-state index contributed by atoms with van der Waals surface area (Å²) < 4.78 is 0. The van der Waals surface area contributed by atoms with Gasteiger partial charge in [-0.1, -0.05) is 43.2 Å². The van der Waals surface area contributed by atoms with Crippen molar-refractivity contribution < 1.29 is 4.79 Å². The zero-order chi connectivity index (χ0) is 17.3. The van der Waals surface area contributed by atoms with E-state index in [0.717, 1.165) is 41.6 Å². The predicted octanol–water partition coefficient (Wildman–Crippen LogP) is 4.79. The van der Waals surface area contributed by atoms with Crippen LogP contribution in [0.3, 0.4) is 0 Å². The molecule has 2 unspecified atom stereocenters. The van der Waals surface area contributed by atoms with E-state index in [4.69, 9.17) is 0 Å². The van der Waals surface area contributed by atoms with Crippen molar-refractivity contribution in [2.75, 3.05) is 13.1 Å². The van der Waals surface area contributed by atoms with E-state index in [-0.39, 0.29) is 6.03 Å². The zero-order valence-corrected chi connectivity index (χ0v) is 15.3. The maximum Gasteiger partial charge on any atom is 0.318 e. The molecule has 3 nitrogen and oxygen atoms in total. The standard InChI is InChI=1S/C21H30N2O/c1-15(2)16-10-7-11-19(12-16)21(3,4)22-20(24)23-13-17-8-5-6-9-18(17)14-23/h7,10-12,17-18H,1,5-6,8-9,13-14H2,2-4H3,(H,22,24). The fraction of sp³-hybridized carbons (Fsp3) is 0.571. The van der Waals surface area contributed by atoms with Gasteiger partial charge in [0.1, 0.15) is 0 Å². The van der Waals surface area contributed by atoms with Crippen molar-refractivity contribution in [3.8, 4) is 0 Å². The molecule has 1 saturated heterocycles. The summed E-state index contributed by atoms with van der Waals surface area (Å²) in [6.45, 7) is 12.0. The van der Waals surface area contributed by atoms with Crippen molar-refractivity contribution in [1.29, 1.82) is 0 Å². The SMILES string of the molecule is C=C(C)c1cccc(C(C)(C)NC(=O)N2CC3CCCCC3C2)c1. The molecule has 2 amide bonds. The van der Waals surface area contributed by atoms with Crippen LogP contribution in [0.2, 0.25) is 0 Å². The fourth-order valence-electron chi connectivity index (χ4n) is 4.16. The van der Waals surface area contributed by atoms with Crippen molar-refractivity contribution in [1.82, 2.24) is 10.2 Å².